The number of aliphatic hydroxyl groups excluding tert-OH is 1. The highest BCUT2D eigenvalue weighted by molar-refractivity contribution is 7.86. The van der Waals surface area contributed by atoms with Crippen LogP contribution in [-0.4, -0.2) is 26.4 Å². The summed E-state index contributed by atoms with van der Waals surface area (Å²) in [5.74, 6) is 0.767. The van der Waals surface area contributed by atoms with E-state index in [0.717, 1.165) is 25.0 Å². The molecule has 0 spiro atoms. The number of hydrogen-bond acceptors (Lipinski definition) is 2. The highest BCUT2D eigenvalue weighted by Gasteiger charge is 2.18. The van der Waals surface area contributed by atoms with Gasteiger partial charge in [-0.2, -0.15) is 0 Å². The third-order valence-electron chi connectivity index (χ3n) is 1.67. The molecule has 0 aliphatic heterocycles. The van der Waals surface area contributed by atoms with Gasteiger partial charge in [0, 0.05) is 27.9 Å². The van der Waals surface area contributed by atoms with Gasteiger partial charge in [-0.05, 0) is 33.6 Å². The van der Waals surface area contributed by atoms with E-state index in [1.807, 2.05) is 20.8 Å². The van der Waals surface area contributed by atoms with Gasteiger partial charge in [-0.25, -0.2) is 0 Å². The lowest BCUT2D eigenvalue weighted by Crippen LogP contribution is -2.23. The first-order valence-electron chi connectivity index (χ1n) is 4.48. The molecule has 74 valence electrons. The Morgan fingerprint density at radius 2 is 1.75 bits per heavy atom. The van der Waals surface area contributed by atoms with Crippen LogP contribution >= 0.6 is 0 Å². The third-order valence-corrected chi connectivity index (χ3v) is 3.70. The lowest BCUT2D eigenvalue weighted by atomic mass is 10.2. The molecule has 0 aliphatic carbocycles. The molecule has 0 aromatic carbocycles. The molecule has 1 atom stereocenters. The predicted octanol–water partition coefficient (Wildman–Crippen LogP) is 1.70. The van der Waals surface area contributed by atoms with E-state index >= 15 is 0 Å². The van der Waals surface area contributed by atoms with E-state index in [0.29, 0.717) is 0 Å². The minimum absolute atomic E-state index is 0.0841. The second-order valence-corrected chi connectivity index (χ2v) is 6.27. The molecule has 0 rings (SSSR count). The van der Waals surface area contributed by atoms with Gasteiger partial charge in [-0.3, -0.25) is 4.21 Å². The lowest BCUT2D eigenvalue weighted by Gasteiger charge is -2.17. The van der Waals surface area contributed by atoms with Gasteiger partial charge in [-0.1, -0.05) is 6.42 Å². The quantitative estimate of drug-likeness (QED) is 0.673. The molecule has 12 heavy (non-hydrogen) atoms. The zero-order chi connectivity index (χ0) is 9.61. The summed E-state index contributed by atoms with van der Waals surface area (Å²) in [5.41, 5.74) is 0. The molecule has 1 N–H and O–H groups in total. The monoisotopic (exact) mass is 192 g/mol. The first-order valence-corrected chi connectivity index (χ1v) is 5.79. The minimum atomic E-state index is -0.722. The van der Waals surface area contributed by atoms with Gasteiger partial charge >= 0.3 is 0 Å². The summed E-state index contributed by atoms with van der Waals surface area (Å²) in [7, 11) is -0.722. The Balaban J connectivity index is 3.45. The molecule has 1 unspecified atom stereocenters. The lowest BCUT2D eigenvalue weighted by molar-refractivity contribution is 0.284. The van der Waals surface area contributed by atoms with Crippen molar-refractivity contribution < 1.29 is 9.32 Å². The molecule has 2 nitrogen and oxygen atoms in total. The van der Waals surface area contributed by atoms with Gasteiger partial charge in [0.15, 0.2) is 0 Å². The Bertz CT molecular complexity index is 138. The van der Waals surface area contributed by atoms with Crippen molar-refractivity contribution in [3.05, 3.63) is 0 Å². The van der Waals surface area contributed by atoms with E-state index in [2.05, 4.69) is 0 Å². The van der Waals surface area contributed by atoms with E-state index < -0.39 is 10.8 Å². The molecule has 0 aromatic heterocycles. The Kier molecular flexibility index (Phi) is 5.76. The van der Waals surface area contributed by atoms with Gasteiger partial charge in [0.2, 0.25) is 0 Å². The predicted molar refractivity (Wildman–Crippen MR) is 53.7 cm³/mol. The molecule has 0 fully saturated rings. The fourth-order valence-corrected chi connectivity index (χ4v) is 1.91. The van der Waals surface area contributed by atoms with E-state index in [-0.39, 0.29) is 11.4 Å². The van der Waals surface area contributed by atoms with Gasteiger partial charge in [0.1, 0.15) is 0 Å². The molecule has 0 radical (unpaired) electrons. The summed E-state index contributed by atoms with van der Waals surface area (Å²) in [4.78, 5) is 0. The SMILES string of the molecule is CC(C)(C)S(=O)CCCCCO. The number of aliphatic hydroxyl groups is 1. The van der Waals surface area contributed by atoms with Crippen LogP contribution in [0, 0.1) is 0 Å². The van der Waals surface area contributed by atoms with Crippen molar-refractivity contribution in [3.63, 3.8) is 0 Å². The summed E-state index contributed by atoms with van der Waals surface area (Å²) >= 11 is 0. The van der Waals surface area contributed by atoms with Crippen LogP contribution in [0.15, 0.2) is 0 Å². The first-order chi connectivity index (χ1) is 5.48. The highest BCUT2D eigenvalue weighted by atomic mass is 32.2. The average molecular weight is 192 g/mol. The molecule has 0 heterocycles. The van der Waals surface area contributed by atoms with Crippen LogP contribution in [0.2, 0.25) is 0 Å². The number of unbranched alkanes of at least 4 members (excludes halogenated alkanes) is 2. The highest BCUT2D eigenvalue weighted by Crippen LogP contribution is 2.12. The Hall–Kier alpha value is 0.110. The molecular weight excluding hydrogens is 172 g/mol. The van der Waals surface area contributed by atoms with Crippen molar-refractivity contribution in [3.8, 4) is 0 Å². The van der Waals surface area contributed by atoms with Crippen LogP contribution in [-0.2, 0) is 10.8 Å². The maximum Gasteiger partial charge on any atom is 0.0431 e. The fraction of sp³-hybridized carbons (Fsp3) is 1.00. The van der Waals surface area contributed by atoms with Crippen LogP contribution in [0.4, 0.5) is 0 Å². The molecule has 0 bridgehead atoms. The normalized spacial score (nSPS) is 14.7. The smallest absolute Gasteiger partial charge is 0.0431 e. The summed E-state index contributed by atoms with van der Waals surface area (Å²) in [6.07, 6.45) is 2.78. The first kappa shape index (κ1) is 12.1. The van der Waals surface area contributed by atoms with E-state index in [1.54, 1.807) is 0 Å². The van der Waals surface area contributed by atoms with Crippen molar-refractivity contribution >= 4 is 10.8 Å². The topological polar surface area (TPSA) is 37.3 Å². The van der Waals surface area contributed by atoms with Crippen molar-refractivity contribution in [2.24, 2.45) is 0 Å². The molecule has 0 aliphatic rings. The second kappa shape index (κ2) is 5.70. The summed E-state index contributed by atoms with van der Waals surface area (Å²) < 4.78 is 11.4. The maximum atomic E-state index is 11.5. The van der Waals surface area contributed by atoms with Crippen molar-refractivity contribution in [2.45, 2.75) is 44.8 Å². The zero-order valence-electron chi connectivity index (χ0n) is 8.30. The number of rotatable bonds is 5. The minimum Gasteiger partial charge on any atom is -0.396 e. The van der Waals surface area contributed by atoms with Crippen LogP contribution < -0.4 is 0 Å². The van der Waals surface area contributed by atoms with Crippen LogP contribution in [0.1, 0.15) is 40.0 Å². The molecule has 0 amide bonds. The standard InChI is InChI=1S/C9H20O2S/c1-9(2,3)12(11)8-6-4-5-7-10/h10H,4-8H2,1-3H3. The fourth-order valence-electron chi connectivity index (χ4n) is 0.828. The van der Waals surface area contributed by atoms with E-state index in [4.69, 9.17) is 5.11 Å². The van der Waals surface area contributed by atoms with Crippen molar-refractivity contribution in [2.75, 3.05) is 12.4 Å². The zero-order valence-corrected chi connectivity index (χ0v) is 9.12. The Morgan fingerprint density at radius 1 is 1.17 bits per heavy atom. The van der Waals surface area contributed by atoms with Crippen molar-refractivity contribution in [1.82, 2.24) is 0 Å². The Labute approximate surface area is 77.8 Å². The van der Waals surface area contributed by atoms with E-state index in [1.165, 1.54) is 0 Å². The third kappa shape index (κ3) is 5.72. The average Bonchev–Trinajstić information content (AvgIpc) is 1.96. The number of hydrogen-bond donors (Lipinski definition) is 1. The molecule has 3 heteroatoms. The molecule has 0 aromatic rings. The van der Waals surface area contributed by atoms with Crippen LogP contribution in [0.3, 0.4) is 0 Å². The summed E-state index contributed by atoms with van der Waals surface area (Å²) in [6, 6.07) is 0. The van der Waals surface area contributed by atoms with E-state index in [9.17, 15) is 4.21 Å². The summed E-state index contributed by atoms with van der Waals surface area (Å²) in [5, 5.41) is 8.52. The second-order valence-electron chi connectivity index (χ2n) is 3.95. The molecular formula is C9H20O2S. The Morgan fingerprint density at radius 3 is 2.17 bits per heavy atom. The largest absolute Gasteiger partial charge is 0.396 e. The van der Waals surface area contributed by atoms with Crippen LogP contribution in [0.5, 0.6) is 0 Å². The van der Waals surface area contributed by atoms with Gasteiger partial charge in [-0.15, -0.1) is 0 Å². The summed E-state index contributed by atoms with van der Waals surface area (Å²) in [6.45, 7) is 6.24. The van der Waals surface area contributed by atoms with Gasteiger partial charge in [0.25, 0.3) is 0 Å². The molecule has 0 saturated carbocycles. The van der Waals surface area contributed by atoms with Crippen molar-refractivity contribution in [1.29, 1.82) is 0 Å². The van der Waals surface area contributed by atoms with Gasteiger partial charge < -0.3 is 5.11 Å². The van der Waals surface area contributed by atoms with Crippen LogP contribution in [0.25, 0.3) is 0 Å². The maximum absolute atomic E-state index is 11.5. The van der Waals surface area contributed by atoms with Gasteiger partial charge in [0.05, 0.1) is 0 Å². The molecule has 0 saturated heterocycles.